The smallest absolute Gasteiger partial charge is 0.0355 e. The third kappa shape index (κ3) is 1.30. The topological polar surface area (TPSA) is 0 Å². The first-order valence-corrected chi connectivity index (χ1v) is 5.83. The van der Waals surface area contributed by atoms with Crippen molar-refractivity contribution in [3.05, 3.63) is 0 Å². The van der Waals surface area contributed by atoms with E-state index in [2.05, 4.69) is 13.8 Å². The summed E-state index contributed by atoms with van der Waals surface area (Å²) in [6.45, 7) is 4.80. The molecule has 0 bridgehead atoms. The summed E-state index contributed by atoms with van der Waals surface area (Å²) in [6.07, 6.45) is 9.07. The van der Waals surface area contributed by atoms with E-state index in [1.807, 2.05) is 0 Å². The highest BCUT2D eigenvalue weighted by Crippen LogP contribution is 2.53. The minimum absolute atomic E-state index is 1.05. The molecule has 0 nitrogen and oxygen atoms in total. The summed E-state index contributed by atoms with van der Waals surface area (Å²) < 4.78 is 0. The molecule has 2 fully saturated rings. The van der Waals surface area contributed by atoms with E-state index >= 15 is 0 Å². The first kappa shape index (κ1) is 8.59. The fourth-order valence-electron chi connectivity index (χ4n) is 3.55. The standard InChI is InChI=1S/C12H22/c1-3-5-10-8-12-9(2)6-4-7-11(10)12/h9-12H,3-8H2,1-2H3. The van der Waals surface area contributed by atoms with Gasteiger partial charge in [0.15, 0.2) is 0 Å². The largest absolute Gasteiger partial charge is 0.0654 e. The molecule has 0 spiro atoms. The number of hydrogen-bond donors (Lipinski definition) is 0. The number of rotatable bonds is 2. The van der Waals surface area contributed by atoms with Gasteiger partial charge in [-0.1, -0.05) is 39.5 Å². The molecule has 12 heavy (non-hydrogen) atoms. The summed E-state index contributed by atoms with van der Waals surface area (Å²) in [6, 6.07) is 0. The van der Waals surface area contributed by atoms with Gasteiger partial charge < -0.3 is 0 Å². The Hall–Kier alpha value is 0. The van der Waals surface area contributed by atoms with E-state index in [1.165, 1.54) is 25.7 Å². The van der Waals surface area contributed by atoms with Gasteiger partial charge in [-0.3, -0.25) is 0 Å². The van der Waals surface area contributed by atoms with Crippen LogP contribution in [0.15, 0.2) is 0 Å². The molecule has 2 aliphatic carbocycles. The second kappa shape index (κ2) is 3.40. The third-order valence-corrected chi connectivity index (χ3v) is 4.32. The normalized spacial score (nSPS) is 46.5. The van der Waals surface area contributed by atoms with E-state index in [0.717, 1.165) is 23.7 Å². The molecule has 2 saturated carbocycles. The van der Waals surface area contributed by atoms with E-state index in [4.69, 9.17) is 0 Å². The summed E-state index contributed by atoms with van der Waals surface area (Å²) in [5.74, 6) is 4.46. The van der Waals surface area contributed by atoms with Crippen LogP contribution in [0.3, 0.4) is 0 Å². The highest BCUT2D eigenvalue weighted by molar-refractivity contribution is 4.93. The van der Waals surface area contributed by atoms with Gasteiger partial charge in [0.1, 0.15) is 0 Å². The van der Waals surface area contributed by atoms with Gasteiger partial charge in [0.2, 0.25) is 0 Å². The first-order chi connectivity index (χ1) is 5.83. The minimum atomic E-state index is 1.05. The van der Waals surface area contributed by atoms with Crippen LogP contribution in [0, 0.1) is 23.7 Å². The lowest BCUT2D eigenvalue weighted by Gasteiger charge is -2.51. The maximum Gasteiger partial charge on any atom is -0.0355 e. The molecule has 0 aromatic heterocycles. The molecular weight excluding hydrogens is 144 g/mol. The lowest BCUT2D eigenvalue weighted by atomic mass is 9.54. The van der Waals surface area contributed by atoms with E-state index in [1.54, 1.807) is 12.8 Å². The molecule has 70 valence electrons. The zero-order valence-corrected chi connectivity index (χ0v) is 8.55. The first-order valence-electron chi connectivity index (χ1n) is 5.83. The molecule has 0 heterocycles. The predicted octanol–water partition coefficient (Wildman–Crippen LogP) is 3.86. The lowest BCUT2D eigenvalue weighted by molar-refractivity contribution is -0.0139. The molecule has 4 unspecified atom stereocenters. The van der Waals surface area contributed by atoms with Crippen LogP contribution in [0.1, 0.15) is 52.4 Å². The van der Waals surface area contributed by atoms with Gasteiger partial charge in [0.25, 0.3) is 0 Å². The molecular formula is C12H22. The Morgan fingerprint density at radius 1 is 1.17 bits per heavy atom. The number of fused-ring (bicyclic) bond motifs is 1. The average molecular weight is 166 g/mol. The molecule has 0 aromatic rings. The van der Waals surface area contributed by atoms with Crippen molar-refractivity contribution in [2.45, 2.75) is 52.4 Å². The van der Waals surface area contributed by atoms with Crippen molar-refractivity contribution in [2.75, 3.05) is 0 Å². The quantitative estimate of drug-likeness (QED) is 0.584. The van der Waals surface area contributed by atoms with Gasteiger partial charge in [-0.25, -0.2) is 0 Å². The van der Waals surface area contributed by atoms with Crippen molar-refractivity contribution in [1.82, 2.24) is 0 Å². The van der Waals surface area contributed by atoms with E-state index in [9.17, 15) is 0 Å². The fraction of sp³-hybridized carbons (Fsp3) is 1.00. The SMILES string of the molecule is CCCC1CC2C(C)CCCC12. The van der Waals surface area contributed by atoms with Crippen LogP contribution >= 0.6 is 0 Å². The number of hydrogen-bond acceptors (Lipinski definition) is 0. The highest BCUT2D eigenvalue weighted by atomic mass is 14.5. The van der Waals surface area contributed by atoms with Gasteiger partial charge in [-0.15, -0.1) is 0 Å². The zero-order chi connectivity index (χ0) is 8.55. The van der Waals surface area contributed by atoms with E-state index < -0.39 is 0 Å². The summed E-state index contributed by atoms with van der Waals surface area (Å²) in [7, 11) is 0. The average Bonchev–Trinajstić information content (AvgIpc) is 2.04. The molecule has 2 rings (SSSR count). The van der Waals surface area contributed by atoms with Crippen molar-refractivity contribution in [3.63, 3.8) is 0 Å². The Morgan fingerprint density at radius 2 is 2.00 bits per heavy atom. The van der Waals surface area contributed by atoms with Crippen LogP contribution in [0.25, 0.3) is 0 Å². The molecule has 0 aliphatic heterocycles. The second-order valence-electron chi connectivity index (χ2n) is 5.02. The van der Waals surface area contributed by atoms with Crippen molar-refractivity contribution < 1.29 is 0 Å². The fourth-order valence-corrected chi connectivity index (χ4v) is 3.55. The third-order valence-electron chi connectivity index (χ3n) is 4.32. The Bertz CT molecular complexity index is 150. The van der Waals surface area contributed by atoms with Crippen LogP contribution in [0.2, 0.25) is 0 Å². The van der Waals surface area contributed by atoms with Crippen LogP contribution in [0.4, 0.5) is 0 Å². The monoisotopic (exact) mass is 166 g/mol. The van der Waals surface area contributed by atoms with Gasteiger partial charge in [0.05, 0.1) is 0 Å². The molecule has 0 amide bonds. The van der Waals surface area contributed by atoms with Crippen LogP contribution in [-0.2, 0) is 0 Å². The van der Waals surface area contributed by atoms with E-state index in [-0.39, 0.29) is 0 Å². The maximum atomic E-state index is 2.47. The Kier molecular flexibility index (Phi) is 2.43. The highest BCUT2D eigenvalue weighted by Gasteiger charge is 2.44. The summed E-state index contributed by atoms with van der Waals surface area (Å²) in [5, 5.41) is 0. The maximum absolute atomic E-state index is 2.47. The van der Waals surface area contributed by atoms with Crippen LogP contribution in [0.5, 0.6) is 0 Å². The zero-order valence-electron chi connectivity index (χ0n) is 8.55. The predicted molar refractivity (Wildman–Crippen MR) is 53.0 cm³/mol. The molecule has 4 atom stereocenters. The summed E-state index contributed by atoms with van der Waals surface area (Å²) in [5.41, 5.74) is 0. The minimum Gasteiger partial charge on any atom is -0.0654 e. The van der Waals surface area contributed by atoms with Crippen molar-refractivity contribution in [1.29, 1.82) is 0 Å². The Balaban J connectivity index is 1.87. The van der Waals surface area contributed by atoms with Crippen molar-refractivity contribution >= 4 is 0 Å². The second-order valence-corrected chi connectivity index (χ2v) is 5.02. The van der Waals surface area contributed by atoms with Gasteiger partial charge in [-0.05, 0) is 36.5 Å². The van der Waals surface area contributed by atoms with Gasteiger partial charge in [-0.2, -0.15) is 0 Å². The van der Waals surface area contributed by atoms with Crippen molar-refractivity contribution in [2.24, 2.45) is 23.7 Å². The van der Waals surface area contributed by atoms with Gasteiger partial charge >= 0.3 is 0 Å². The summed E-state index contributed by atoms with van der Waals surface area (Å²) in [4.78, 5) is 0. The molecule has 0 radical (unpaired) electrons. The Labute approximate surface area is 76.7 Å². The van der Waals surface area contributed by atoms with Crippen LogP contribution < -0.4 is 0 Å². The molecule has 0 aromatic carbocycles. The van der Waals surface area contributed by atoms with Gasteiger partial charge in [0, 0.05) is 0 Å². The molecule has 0 heteroatoms. The Morgan fingerprint density at radius 3 is 2.75 bits per heavy atom. The van der Waals surface area contributed by atoms with Crippen LogP contribution in [-0.4, -0.2) is 0 Å². The molecule has 0 N–H and O–H groups in total. The van der Waals surface area contributed by atoms with E-state index in [0.29, 0.717) is 0 Å². The lowest BCUT2D eigenvalue weighted by Crippen LogP contribution is -2.42. The molecule has 0 saturated heterocycles. The molecule has 2 aliphatic rings. The summed E-state index contributed by atoms with van der Waals surface area (Å²) >= 11 is 0. The van der Waals surface area contributed by atoms with Crippen molar-refractivity contribution in [3.8, 4) is 0 Å².